The van der Waals surface area contributed by atoms with Gasteiger partial charge in [0.15, 0.2) is 0 Å². The zero-order valence-corrected chi connectivity index (χ0v) is 10.6. The standard InChI is InChI=1S/C14H15N3O2/c18-13-11-3-7-16-9-12(11)14(19)17(13)8-4-10-1-5-15-6-2-10/h1,3,7,9,15H,2,4-6,8H2. The van der Waals surface area contributed by atoms with Crippen molar-refractivity contribution in [1.29, 1.82) is 0 Å². The van der Waals surface area contributed by atoms with E-state index in [1.165, 1.54) is 16.7 Å². The summed E-state index contributed by atoms with van der Waals surface area (Å²) in [6.07, 6.45) is 6.91. The van der Waals surface area contributed by atoms with Gasteiger partial charge in [-0.3, -0.25) is 19.5 Å². The van der Waals surface area contributed by atoms with Crippen molar-refractivity contribution in [2.75, 3.05) is 19.6 Å². The van der Waals surface area contributed by atoms with E-state index in [0.717, 1.165) is 25.9 Å². The zero-order chi connectivity index (χ0) is 13.2. The molecule has 2 aliphatic heterocycles. The summed E-state index contributed by atoms with van der Waals surface area (Å²) in [4.78, 5) is 29.5. The fourth-order valence-corrected chi connectivity index (χ4v) is 2.49. The molecular formula is C14H15N3O2. The Bertz CT molecular complexity index is 531. The van der Waals surface area contributed by atoms with Crippen molar-refractivity contribution < 1.29 is 9.59 Å². The van der Waals surface area contributed by atoms with Crippen LogP contribution in [0.5, 0.6) is 0 Å². The molecule has 98 valence electrons. The van der Waals surface area contributed by atoms with Gasteiger partial charge in [0.25, 0.3) is 11.8 Å². The molecule has 0 aliphatic carbocycles. The van der Waals surface area contributed by atoms with Crippen LogP contribution in [0.15, 0.2) is 30.1 Å². The van der Waals surface area contributed by atoms with E-state index in [4.69, 9.17) is 0 Å². The molecule has 1 N–H and O–H groups in total. The summed E-state index contributed by atoms with van der Waals surface area (Å²) >= 11 is 0. The van der Waals surface area contributed by atoms with E-state index in [-0.39, 0.29) is 11.8 Å². The molecule has 0 unspecified atom stereocenters. The van der Waals surface area contributed by atoms with E-state index in [2.05, 4.69) is 16.4 Å². The number of fused-ring (bicyclic) bond motifs is 1. The summed E-state index contributed by atoms with van der Waals surface area (Å²) in [5.41, 5.74) is 2.21. The maximum absolute atomic E-state index is 12.1. The van der Waals surface area contributed by atoms with Crippen LogP contribution in [0.3, 0.4) is 0 Å². The van der Waals surface area contributed by atoms with Gasteiger partial charge < -0.3 is 5.32 Å². The molecule has 3 heterocycles. The number of aromatic nitrogens is 1. The molecule has 2 aliphatic rings. The van der Waals surface area contributed by atoms with E-state index < -0.39 is 0 Å². The molecule has 5 nitrogen and oxygen atoms in total. The van der Waals surface area contributed by atoms with Gasteiger partial charge in [0.05, 0.1) is 11.1 Å². The molecule has 3 rings (SSSR count). The smallest absolute Gasteiger partial charge is 0.263 e. The van der Waals surface area contributed by atoms with Gasteiger partial charge in [-0.15, -0.1) is 0 Å². The quantitative estimate of drug-likeness (QED) is 0.648. The Hall–Kier alpha value is -2.01. The lowest BCUT2D eigenvalue weighted by Gasteiger charge is -2.17. The summed E-state index contributed by atoms with van der Waals surface area (Å²) < 4.78 is 0. The predicted molar refractivity (Wildman–Crippen MR) is 69.8 cm³/mol. The van der Waals surface area contributed by atoms with Crippen LogP contribution >= 0.6 is 0 Å². The molecule has 1 aromatic rings. The van der Waals surface area contributed by atoms with E-state index in [9.17, 15) is 9.59 Å². The average Bonchev–Trinajstić information content (AvgIpc) is 2.71. The Kier molecular flexibility index (Phi) is 3.13. The molecule has 0 spiro atoms. The number of hydrogen-bond donors (Lipinski definition) is 1. The van der Waals surface area contributed by atoms with Gasteiger partial charge in [-0.1, -0.05) is 11.6 Å². The lowest BCUT2D eigenvalue weighted by molar-refractivity contribution is 0.0656. The summed E-state index contributed by atoms with van der Waals surface area (Å²) in [6.45, 7) is 2.30. The minimum atomic E-state index is -0.220. The van der Waals surface area contributed by atoms with Crippen LogP contribution in [0.1, 0.15) is 33.6 Å². The highest BCUT2D eigenvalue weighted by molar-refractivity contribution is 6.21. The van der Waals surface area contributed by atoms with Crippen molar-refractivity contribution in [3.8, 4) is 0 Å². The van der Waals surface area contributed by atoms with Crippen molar-refractivity contribution in [2.24, 2.45) is 0 Å². The van der Waals surface area contributed by atoms with Crippen molar-refractivity contribution in [2.45, 2.75) is 12.8 Å². The van der Waals surface area contributed by atoms with Crippen molar-refractivity contribution in [3.63, 3.8) is 0 Å². The fourth-order valence-electron chi connectivity index (χ4n) is 2.49. The first-order valence-corrected chi connectivity index (χ1v) is 6.46. The number of carbonyl (C=O) groups is 2. The Morgan fingerprint density at radius 1 is 1.26 bits per heavy atom. The van der Waals surface area contributed by atoms with Gasteiger partial charge in [0, 0.05) is 25.5 Å². The number of nitrogens with one attached hydrogen (secondary N) is 1. The number of pyridine rings is 1. The van der Waals surface area contributed by atoms with Crippen LogP contribution in [0, 0.1) is 0 Å². The van der Waals surface area contributed by atoms with E-state index in [1.807, 2.05) is 0 Å². The highest BCUT2D eigenvalue weighted by Gasteiger charge is 2.35. The Morgan fingerprint density at radius 2 is 2.11 bits per heavy atom. The maximum atomic E-state index is 12.1. The normalized spacial score (nSPS) is 18.5. The molecule has 5 heteroatoms. The van der Waals surface area contributed by atoms with E-state index in [1.54, 1.807) is 12.3 Å². The second-order valence-corrected chi connectivity index (χ2v) is 4.75. The molecule has 0 bridgehead atoms. The fraction of sp³-hybridized carbons (Fsp3) is 0.357. The first-order valence-electron chi connectivity index (χ1n) is 6.46. The highest BCUT2D eigenvalue weighted by atomic mass is 16.2. The lowest BCUT2D eigenvalue weighted by Crippen LogP contribution is -2.31. The van der Waals surface area contributed by atoms with Crippen LogP contribution in [-0.2, 0) is 0 Å². The Labute approximate surface area is 111 Å². The first-order chi connectivity index (χ1) is 9.27. The number of hydrogen-bond acceptors (Lipinski definition) is 4. The SMILES string of the molecule is O=C1c2ccncc2C(=O)N1CCC1=CCNCC1. The van der Waals surface area contributed by atoms with Gasteiger partial charge in [-0.2, -0.15) is 0 Å². The van der Waals surface area contributed by atoms with Crippen LogP contribution in [-0.4, -0.2) is 41.3 Å². The van der Waals surface area contributed by atoms with E-state index in [0.29, 0.717) is 17.7 Å². The van der Waals surface area contributed by atoms with E-state index >= 15 is 0 Å². The molecule has 0 aromatic carbocycles. The Morgan fingerprint density at radius 3 is 2.84 bits per heavy atom. The first kappa shape index (κ1) is 12.0. The molecule has 0 fully saturated rings. The highest BCUT2D eigenvalue weighted by Crippen LogP contribution is 2.22. The third-order valence-electron chi connectivity index (χ3n) is 3.59. The summed E-state index contributed by atoms with van der Waals surface area (Å²) in [7, 11) is 0. The largest absolute Gasteiger partial charge is 0.313 e. The molecule has 0 saturated heterocycles. The molecule has 19 heavy (non-hydrogen) atoms. The number of imide groups is 1. The Balaban J connectivity index is 1.72. The summed E-state index contributed by atoms with van der Waals surface area (Å²) in [5.74, 6) is -0.417. The zero-order valence-electron chi connectivity index (χ0n) is 10.6. The number of nitrogens with zero attached hydrogens (tertiary/aromatic N) is 2. The monoisotopic (exact) mass is 257 g/mol. The maximum Gasteiger partial charge on any atom is 0.263 e. The third-order valence-corrected chi connectivity index (χ3v) is 3.59. The molecule has 0 atom stereocenters. The number of rotatable bonds is 3. The minimum absolute atomic E-state index is 0.197. The topological polar surface area (TPSA) is 62.3 Å². The van der Waals surface area contributed by atoms with Crippen molar-refractivity contribution in [1.82, 2.24) is 15.2 Å². The number of amides is 2. The lowest BCUT2D eigenvalue weighted by atomic mass is 10.1. The predicted octanol–water partition coefficient (Wildman–Crippen LogP) is 0.987. The van der Waals surface area contributed by atoms with Crippen LogP contribution in [0.4, 0.5) is 0 Å². The molecule has 0 saturated carbocycles. The van der Waals surface area contributed by atoms with Crippen LogP contribution in [0.25, 0.3) is 0 Å². The van der Waals surface area contributed by atoms with Gasteiger partial charge in [0.2, 0.25) is 0 Å². The summed E-state index contributed by atoms with van der Waals surface area (Å²) in [6, 6.07) is 1.61. The van der Waals surface area contributed by atoms with Crippen LogP contribution < -0.4 is 5.32 Å². The number of carbonyl (C=O) groups excluding carboxylic acids is 2. The molecule has 2 amide bonds. The molecular weight excluding hydrogens is 242 g/mol. The third kappa shape index (κ3) is 2.17. The second kappa shape index (κ2) is 4.93. The van der Waals surface area contributed by atoms with Gasteiger partial charge in [-0.05, 0) is 25.5 Å². The van der Waals surface area contributed by atoms with Crippen LogP contribution in [0.2, 0.25) is 0 Å². The van der Waals surface area contributed by atoms with Crippen molar-refractivity contribution in [3.05, 3.63) is 41.2 Å². The summed E-state index contributed by atoms with van der Waals surface area (Å²) in [5, 5.41) is 3.24. The van der Waals surface area contributed by atoms with Crippen molar-refractivity contribution >= 4 is 11.8 Å². The average molecular weight is 257 g/mol. The van der Waals surface area contributed by atoms with Gasteiger partial charge >= 0.3 is 0 Å². The van der Waals surface area contributed by atoms with Gasteiger partial charge in [0.1, 0.15) is 0 Å². The molecule has 1 aromatic heterocycles. The second-order valence-electron chi connectivity index (χ2n) is 4.75. The molecule has 0 radical (unpaired) electrons. The van der Waals surface area contributed by atoms with Gasteiger partial charge in [-0.25, -0.2) is 0 Å². The minimum Gasteiger partial charge on any atom is -0.313 e.